The molecule has 0 unspecified atom stereocenters. The number of halogens is 3. The van der Waals surface area contributed by atoms with Crippen molar-refractivity contribution < 1.29 is 18.0 Å². The Morgan fingerprint density at radius 1 is 1.21 bits per heavy atom. The zero-order valence-corrected chi connectivity index (χ0v) is 10.4. The molecule has 1 saturated carbocycles. The highest BCUT2D eigenvalue weighted by Crippen LogP contribution is 2.42. The van der Waals surface area contributed by atoms with Crippen LogP contribution in [0.2, 0.25) is 0 Å². The van der Waals surface area contributed by atoms with Gasteiger partial charge in [0.15, 0.2) is 0 Å². The number of hydrogen-bond donors (Lipinski definition) is 0. The molecule has 2 rings (SSSR count). The van der Waals surface area contributed by atoms with Gasteiger partial charge in [0.2, 0.25) is 0 Å². The van der Waals surface area contributed by atoms with Crippen LogP contribution in [0.4, 0.5) is 13.2 Å². The average molecular weight is 269 g/mol. The lowest BCUT2D eigenvalue weighted by molar-refractivity contribution is -0.184. The molecule has 0 aromatic carbocycles. The van der Waals surface area contributed by atoms with Gasteiger partial charge >= 0.3 is 12.1 Å². The van der Waals surface area contributed by atoms with Gasteiger partial charge in [-0.3, -0.25) is 4.79 Å². The van der Waals surface area contributed by atoms with E-state index in [0.717, 1.165) is 10.5 Å². The number of amides is 1. The molecule has 0 spiro atoms. The molecule has 1 fully saturated rings. The van der Waals surface area contributed by atoms with Crippen LogP contribution in [0.5, 0.6) is 0 Å². The third-order valence-corrected chi connectivity index (χ3v) is 3.27. The molecule has 0 saturated heterocycles. The molecule has 2 atom stereocenters. The highest BCUT2D eigenvalue weighted by Gasteiger charge is 2.50. The second-order valence-electron chi connectivity index (χ2n) is 4.62. The van der Waals surface area contributed by atoms with Crippen molar-refractivity contribution in [1.82, 2.24) is 4.90 Å². The molecule has 0 radical (unpaired) electrons. The van der Waals surface area contributed by atoms with E-state index in [4.69, 9.17) is 0 Å². The second-order valence-corrected chi connectivity index (χ2v) is 4.62. The van der Waals surface area contributed by atoms with Crippen molar-refractivity contribution in [2.24, 2.45) is 5.92 Å². The number of allylic oxidation sites excluding steroid dienone is 7. The summed E-state index contributed by atoms with van der Waals surface area (Å²) in [6, 6.07) is -0.359. The fourth-order valence-electron chi connectivity index (χ4n) is 2.15. The first-order valence-corrected chi connectivity index (χ1v) is 5.97. The van der Waals surface area contributed by atoms with Crippen LogP contribution in [0.15, 0.2) is 48.1 Å². The maximum absolute atomic E-state index is 12.3. The molecular weight excluding hydrogens is 255 g/mol. The van der Waals surface area contributed by atoms with Crippen LogP contribution in [0.25, 0.3) is 0 Å². The summed E-state index contributed by atoms with van der Waals surface area (Å²) in [5, 5.41) is 0. The molecule has 0 N–H and O–H groups in total. The van der Waals surface area contributed by atoms with Crippen LogP contribution < -0.4 is 0 Å². The van der Waals surface area contributed by atoms with Crippen LogP contribution in [-0.4, -0.2) is 30.1 Å². The van der Waals surface area contributed by atoms with Gasteiger partial charge in [-0.25, -0.2) is 0 Å². The Kier molecular flexibility index (Phi) is 3.64. The van der Waals surface area contributed by atoms with E-state index in [9.17, 15) is 18.0 Å². The summed E-state index contributed by atoms with van der Waals surface area (Å²) < 4.78 is 37.0. The third-order valence-electron chi connectivity index (χ3n) is 3.27. The Hall–Kier alpha value is -1.78. The first kappa shape index (κ1) is 13.6. The normalized spacial score (nSPS) is 28.9. The van der Waals surface area contributed by atoms with Crippen molar-refractivity contribution in [3.05, 3.63) is 48.1 Å². The molecule has 0 aliphatic heterocycles. The molecule has 2 nitrogen and oxygen atoms in total. The van der Waals surface area contributed by atoms with Crippen molar-refractivity contribution in [2.45, 2.75) is 18.6 Å². The van der Waals surface area contributed by atoms with Crippen molar-refractivity contribution >= 4 is 5.91 Å². The van der Waals surface area contributed by atoms with E-state index < -0.39 is 12.1 Å². The van der Waals surface area contributed by atoms with Gasteiger partial charge in [0.05, 0.1) is 0 Å². The van der Waals surface area contributed by atoms with Crippen LogP contribution in [0.3, 0.4) is 0 Å². The van der Waals surface area contributed by atoms with Gasteiger partial charge in [0, 0.05) is 19.0 Å². The first-order valence-electron chi connectivity index (χ1n) is 5.97. The molecule has 19 heavy (non-hydrogen) atoms. The van der Waals surface area contributed by atoms with Crippen LogP contribution in [-0.2, 0) is 4.79 Å². The zero-order valence-electron chi connectivity index (χ0n) is 10.4. The third kappa shape index (κ3) is 3.16. The summed E-state index contributed by atoms with van der Waals surface area (Å²) in [5.74, 6) is -1.78. The molecule has 2 aliphatic rings. The van der Waals surface area contributed by atoms with E-state index in [2.05, 4.69) is 0 Å². The number of hydrogen-bond acceptors (Lipinski definition) is 1. The van der Waals surface area contributed by atoms with Gasteiger partial charge < -0.3 is 4.90 Å². The molecule has 0 aromatic heterocycles. The Labute approximate surface area is 109 Å². The monoisotopic (exact) mass is 269 g/mol. The standard InChI is InChI=1S/C14H14F3NO/c1-18(13(19)14(15,16)17)12-9-11(12)10-7-5-3-2-4-6-8-10/h2-8,11-12H,9H2,1H3/b3-2-,4-2?,5-3?,6-4-,7-5?,8-6?,10-7?,10-8?/t11-,12+/m0/s1. The van der Waals surface area contributed by atoms with Gasteiger partial charge in [-0.2, -0.15) is 13.2 Å². The van der Waals surface area contributed by atoms with E-state index in [1.54, 1.807) is 0 Å². The fourth-order valence-corrected chi connectivity index (χ4v) is 2.15. The predicted molar refractivity (Wildman–Crippen MR) is 66.2 cm³/mol. The quantitative estimate of drug-likeness (QED) is 0.754. The highest BCUT2D eigenvalue weighted by atomic mass is 19.4. The van der Waals surface area contributed by atoms with Gasteiger partial charge in [0.25, 0.3) is 0 Å². The molecule has 102 valence electrons. The number of nitrogens with zero attached hydrogens (tertiary/aromatic N) is 1. The topological polar surface area (TPSA) is 20.3 Å². The Morgan fingerprint density at radius 3 is 2.53 bits per heavy atom. The van der Waals surface area contributed by atoms with E-state index in [1.807, 2.05) is 42.5 Å². The Morgan fingerprint density at radius 2 is 1.84 bits per heavy atom. The molecular formula is C14H14F3NO. The maximum atomic E-state index is 12.3. The van der Waals surface area contributed by atoms with Crippen LogP contribution in [0, 0.1) is 5.92 Å². The first-order chi connectivity index (χ1) is 8.91. The SMILES string of the molecule is CN(C(=O)C(F)(F)F)[C@@H]1C[C@H]1C1=C/C=C\C=C/C=C1. The summed E-state index contributed by atoms with van der Waals surface area (Å²) in [6.07, 6.45) is 8.78. The van der Waals surface area contributed by atoms with Crippen molar-refractivity contribution in [3.63, 3.8) is 0 Å². The lowest BCUT2D eigenvalue weighted by Gasteiger charge is -2.19. The summed E-state index contributed by atoms with van der Waals surface area (Å²) >= 11 is 0. The number of carbonyl (C=O) groups excluding carboxylic acids is 1. The number of alkyl halides is 3. The minimum Gasteiger partial charge on any atom is -0.334 e. The zero-order chi connectivity index (χ0) is 14.0. The summed E-state index contributed by atoms with van der Waals surface area (Å²) in [5.41, 5.74) is 0.951. The van der Waals surface area contributed by atoms with E-state index >= 15 is 0 Å². The molecule has 0 bridgehead atoms. The fraction of sp³-hybridized carbons (Fsp3) is 0.357. The molecule has 2 aliphatic carbocycles. The minimum absolute atomic E-state index is 0.0105. The summed E-state index contributed by atoms with van der Waals surface area (Å²) in [7, 11) is 1.21. The van der Waals surface area contributed by atoms with Crippen LogP contribution in [0.1, 0.15) is 6.42 Å². The van der Waals surface area contributed by atoms with Crippen molar-refractivity contribution in [3.8, 4) is 0 Å². The summed E-state index contributed by atoms with van der Waals surface area (Å²) in [4.78, 5) is 11.9. The highest BCUT2D eigenvalue weighted by molar-refractivity contribution is 5.82. The van der Waals surface area contributed by atoms with E-state index in [1.165, 1.54) is 7.05 Å². The average Bonchev–Trinajstić information content (AvgIpc) is 3.05. The number of carbonyl (C=O) groups is 1. The lowest BCUT2D eigenvalue weighted by Crippen LogP contribution is -2.40. The lowest BCUT2D eigenvalue weighted by atomic mass is 10.1. The largest absolute Gasteiger partial charge is 0.471 e. The van der Waals surface area contributed by atoms with E-state index in [0.29, 0.717) is 6.42 Å². The molecule has 0 aromatic rings. The molecule has 1 amide bonds. The van der Waals surface area contributed by atoms with Crippen molar-refractivity contribution in [2.75, 3.05) is 7.05 Å². The maximum Gasteiger partial charge on any atom is 0.471 e. The Balaban J connectivity index is 2.03. The van der Waals surface area contributed by atoms with E-state index in [-0.39, 0.29) is 12.0 Å². The molecule has 5 heteroatoms. The summed E-state index contributed by atoms with van der Waals surface area (Å²) in [6.45, 7) is 0. The van der Waals surface area contributed by atoms with Gasteiger partial charge in [-0.15, -0.1) is 0 Å². The van der Waals surface area contributed by atoms with Crippen LogP contribution >= 0.6 is 0 Å². The number of rotatable bonds is 2. The van der Waals surface area contributed by atoms with Crippen molar-refractivity contribution in [1.29, 1.82) is 0 Å². The van der Waals surface area contributed by atoms with Gasteiger partial charge in [-0.1, -0.05) is 42.5 Å². The minimum atomic E-state index is -4.80. The molecule has 0 heterocycles. The van der Waals surface area contributed by atoms with Gasteiger partial charge in [-0.05, 0) is 12.0 Å². The predicted octanol–water partition coefficient (Wildman–Crippen LogP) is 3.00. The van der Waals surface area contributed by atoms with Gasteiger partial charge in [0.1, 0.15) is 0 Å². The smallest absolute Gasteiger partial charge is 0.334 e. The Bertz CT molecular complexity index is 485. The second kappa shape index (κ2) is 5.07.